The van der Waals surface area contributed by atoms with Crippen LogP contribution in [0.25, 0.3) is 0 Å². The van der Waals surface area contributed by atoms with Crippen LogP contribution in [0.5, 0.6) is 0 Å². The lowest BCUT2D eigenvalue weighted by Gasteiger charge is -2.26. The molecule has 1 aliphatic rings. The minimum Gasteiger partial charge on any atom is -0.370 e. The molecule has 0 aliphatic carbocycles. The van der Waals surface area contributed by atoms with Gasteiger partial charge in [-0.3, -0.25) is 9.59 Å². The fraction of sp³-hybridized carbons (Fsp3) is 0.737. The third-order valence-electron chi connectivity index (χ3n) is 4.74. The quantitative estimate of drug-likeness (QED) is 0.549. The third-order valence-corrected chi connectivity index (χ3v) is 4.74. The highest BCUT2D eigenvalue weighted by Gasteiger charge is 2.19. The van der Waals surface area contributed by atoms with E-state index in [0.717, 1.165) is 58.5 Å². The summed E-state index contributed by atoms with van der Waals surface area (Å²) in [4.78, 5) is 28.1. The fourth-order valence-corrected chi connectivity index (χ4v) is 3.19. The summed E-state index contributed by atoms with van der Waals surface area (Å²) in [5.41, 5.74) is 0. The van der Waals surface area contributed by atoms with Crippen LogP contribution < -0.4 is 10.2 Å². The van der Waals surface area contributed by atoms with E-state index in [0.29, 0.717) is 24.5 Å². The Morgan fingerprint density at radius 3 is 2.70 bits per heavy atom. The van der Waals surface area contributed by atoms with Gasteiger partial charge < -0.3 is 24.4 Å². The van der Waals surface area contributed by atoms with Crippen LogP contribution >= 0.6 is 0 Å². The van der Waals surface area contributed by atoms with E-state index in [1.54, 1.807) is 17.9 Å². The Morgan fingerprint density at radius 1 is 1.26 bits per heavy atom. The molecule has 1 saturated heterocycles. The first-order chi connectivity index (χ1) is 13.1. The zero-order valence-electron chi connectivity index (χ0n) is 16.6. The first kappa shape index (κ1) is 21.4. The smallest absolute Gasteiger partial charge is 0.245 e. The van der Waals surface area contributed by atoms with Gasteiger partial charge >= 0.3 is 0 Å². The number of amides is 2. The van der Waals surface area contributed by atoms with E-state index in [4.69, 9.17) is 9.26 Å². The lowest BCUT2D eigenvalue weighted by molar-refractivity contribution is -0.908. The Bertz CT molecular complexity index is 584. The second-order valence-corrected chi connectivity index (χ2v) is 7.11. The summed E-state index contributed by atoms with van der Waals surface area (Å²) in [6.07, 6.45) is 4.34. The summed E-state index contributed by atoms with van der Waals surface area (Å²) in [5, 5.41) is 6.46. The van der Waals surface area contributed by atoms with Crippen molar-refractivity contribution in [2.45, 2.75) is 46.0 Å². The number of rotatable bonds is 11. The maximum Gasteiger partial charge on any atom is 0.245 e. The van der Waals surface area contributed by atoms with Gasteiger partial charge in [-0.1, -0.05) is 24.9 Å². The van der Waals surface area contributed by atoms with Crippen molar-refractivity contribution in [2.75, 3.05) is 51.3 Å². The SMILES string of the molecule is CCCCCC(=O)N(CCC[NH+]1CCOCC1)CC(=O)Nc1cc(C)on1. The molecule has 0 bridgehead atoms. The van der Waals surface area contributed by atoms with Crippen molar-refractivity contribution in [3.05, 3.63) is 11.8 Å². The first-order valence-electron chi connectivity index (χ1n) is 10.0. The molecule has 2 rings (SSSR count). The van der Waals surface area contributed by atoms with Crippen molar-refractivity contribution in [1.82, 2.24) is 10.1 Å². The summed E-state index contributed by atoms with van der Waals surface area (Å²) in [7, 11) is 0. The highest BCUT2D eigenvalue weighted by molar-refractivity contribution is 5.93. The zero-order valence-corrected chi connectivity index (χ0v) is 16.6. The predicted molar refractivity (Wildman–Crippen MR) is 102 cm³/mol. The normalized spacial score (nSPS) is 14.9. The Kier molecular flexibility index (Phi) is 9.27. The molecule has 1 fully saturated rings. The number of nitrogens with one attached hydrogen (secondary N) is 2. The predicted octanol–water partition coefficient (Wildman–Crippen LogP) is 0.636. The van der Waals surface area contributed by atoms with Crippen LogP contribution in [0.1, 0.15) is 44.8 Å². The Morgan fingerprint density at radius 2 is 2.04 bits per heavy atom. The number of aromatic nitrogens is 1. The molecule has 0 aromatic carbocycles. The molecule has 0 radical (unpaired) electrons. The highest BCUT2D eigenvalue weighted by Crippen LogP contribution is 2.08. The zero-order chi connectivity index (χ0) is 19.5. The summed E-state index contributed by atoms with van der Waals surface area (Å²) in [5.74, 6) is 0.817. The molecule has 8 heteroatoms. The van der Waals surface area contributed by atoms with Gasteiger partial charge in [0.2, 0.25) is 11.8 Å². The van der Waals surface area contributed by atoms with Crippen LogP contribution in [-0.4, -0.2) is 67.8 Å². The van der Waals surface area contributed by atoms with E-state index in [9.17, 15) is 9.59 Å². The van der Waals surface area contributed by atoms with Crippen LogP contribution in [0, 0.1) is 6.92 Å². The summed E-state index contributed by atoms with van der Waals surface area (Å²) >= 11 is 0. The molecular weight excluding hydrogens is 348 g/mol. The van der Waals surface area contributed by atoms with Gasteiger partial charge in [0, 0.05) is 25.5 Å². The second kappa shape index (κ2) is 11.7. The van der Waals surface area contributed by atoms with Gasteiger partial charge in [0.1, 0.15) is 18.8 Å². The van der Waals surface area contributed by atoms with Gasteiger partial charge in [-0.15, -0.1) is 0 Å². The van der Waals surface area contributed by atoms with E-state index in [1.165, 1.54) is 4.90 Å². The molecule has 0 atom stereocenters. The van der Waals surface area contributed by atoms with Crippen LogP contribution in [0.15, 0.2) is 10.6 Å². The standard InChI is InChI=1S/C19H32N4O4/c1-3-4-5-7-19(25)23(9-6-8-22-10-12-26-13-11-22)15-18(24)20-17-14-16(2)27-21-17/h14H,3-13,15H2,1-2H3,(H,20,21,24)/p+1. The number of morpholine rings is 1. The minimum absolute atomic E-state index is 0.0481. The average Bonchev–Trinajstić information content (AvgIpc) is 3.06. The topological polar surface area (TPSA) is 89.1 Å². The Labute approximate surface area is 161 Å². The molecule has 8 nitrogen and oxygen atoms in total. The van der Waals surface area contributed by atoms with E-state index in [1.807, 2.05) is 0 Å². The number of carbonyl (C=O) groups is 2. The van der Waals surface area contributed by atoms with E-state index in [-0.39, 0.29) is 18.4 Å². The maximum atomic E-state index is 12.6. The number of quaternary nitrogens is 1. The van der Waals surface area contributed by atoms with E-state index in [2.05, 4.69) is 17.4 Å². The summed E-state index contributed by atoms with van der Waals surface area (Å²) in [6, 6.07) is 1.66. The van der Waals surface area contributed by atoms with Crippen molar-refractivity contribution < 1.29 is 23.7 Å². The molecule has 2 heterocycles. The number of nitrogens with zero attached hydrogens (tertiary/aromatic N) is 2. The average molecular weight is 381 g/mol. The van der Waals surface area contributed by atoms with Gasteiger partial charge in [-0.05, 0) is 13.3 Å². The first-order valence-corrected chi connectivity index (χ1v) is 10.0. The van der Waals surface area contributed by atoms with E-state index < -0.39 is 0 Å². The molecule has 1 aromatic heterocycles. The van der Waals surface area contributed by atoms with E-state index >= 15 is 0 Å². The highest BCUT2D eigenvalue weighted by atomic mass is 16.5. The number of unbranched alkanes of at least 4 members (excludes halogenated alkanes) is 2. The number of carbonyl (C=O) groups excluding carboxylic acids is 2. The Balaban J connectivity index is 1.83. The van der Waals surface area contributed by atoms with Crippen molar-refractivity contribution in [3.8, 4) is 0 Å². The fourth-order valence-electron chi connectivity index (χ4n) is 3.19. The number of ether oxygens (including phenoxy) is 1. The van der Waals surface area contributed by atoms with Crippen LogP contribution in [0.3, 0.4) is 0 Å². The number of hydrogen-bond donors (Lipinski definition) is 2. The van der Waals surface area contributed by atoms with Gasteiger partial charge in [-0.2, -0.15) is 0 Å². The van der Waals surface area contributed by atoms with Crippen LogP contribution in [0.4, 0.5) is 5.82 Å². The van der Waals surface area contributed by atoms with Crippen molar-refractivity contribution >= 4 is 17.6 Å². The molecule has 0 saturated carbocycles. The van der Waals surface area contributed by atoms with Crippen molar-refractivity contribution in [1.29, 1.82) is 0 Å². The monoisotopic (exact) mass is 381 g/mol. The maximum absolute atomic E-state index is 12.6. The molecule has 0 spiro atoms. The Hall–Kier alpha value is -1.93. The minimum atomic E-state index is -0.245. The second-order valence-electron chi connectivity index (χ2n) is 7.11. The van der Waals surface area contributed by atoms with Gasteiger partial charge in [0.15, 0.2) is 5.82 Å². The molecule has 27 heavy (non-hydrogen) atoms. The van der Waals surface area contributed by atoms with Gasteiger partial charge in [0.05, 0.1) is 26.3 Å². The largest absolute Gasteiger partial charge is 0.370 e. The lowest BCUT2D eigenvalue weighted by atomic mass is 10.2. The molecule has 2 N–H and O–H groups in total. The third kappa shape index (κ3) is 8.09. The van der Waals surface area contributed by atoms with Crippen LogP contribution in [0.2, 0.25) is 0 Å². The van der Waals surface area contributed by atoms with Crippen molar-refractivity contribution in [2.24, 2.45) is 0 Å². The molecule has 1 aromatic rings. The summed E-state index contributed by atoms with van der Waals surface area (Å²) in [6.45, 7) is 9.14. The van der Waals surface area contributed by atoms with Gasteiger partial charge in [-0.25, -0.2) is 0 Å². The van der Waals surface area contributed by atoms with Crippen molar-refractivity contribution in [3.63, 3.8) is 0 Å². The summed E-state index contributed by atoms with van der Waals surface area (Å²) < 4.78 is 10.3. The lowest BCUT2D eigenvalue weighted by Crippen LogP contribution is -3.14. The molecule has 0 unspecified atom stereocenters. The van der Waals surface area contributed by atoms with Crippen LogP contribution in [-0.2, 0) is 14.3 Å². The molecular formula is C19H33N4O4+. The van der Waals surface area contributed by atoms with Gasteiger partial charge in [0.25, 0.3) is 0 Å². The number of aryl methyl sites for hydroxylation is 1. The number of anilines is 1. The number of hydrogen-bond acceptors (Lipinski definition) is 5. The molecule has 152 valence electrons. The molecule has 1 aliphatic heterocycles. The molecule has 2 amide bonds.